The molecule has 1 heterocycles. The van der Waals surface area contributed by atoms with Crippen LogP contribution in [-0.4, -0.2) is 18.6 Å². The number of ether oxygens (including phenoxy) is 1. The van der Waals surface area contributed by atoms with Gasteiger partial charge < -0.3 is 15.5 Å². The average Bonchev–Trinajstić information content (AvgIpc) is 2.63. The highest BCUT2D eigenvalue weighted by Gasteiger charge is 2.17. The molecule has 2 rings (SSSR count). The fourth-order valence-corrected chi connectivity index (χ4v) is 2.32. The van der Waals surface area contributed by atoms with Crippen LogP contribution in [0.3, 0.4) is 0 Å². The minimum Gasteiger partial charge on any atom is -0.494 e. The second kappa shape index (κ2) is 4.37. The van der Waals surface area contributed by atoms with E-state index < -0.39 is 0 Å². The normalized spacial score (nSPS) is 11.1. The molecule has 4 heteroatoms. The first-order valence-corrected chi connectivity index (χ1v) is 5.64. The van der Waals surface area contributed by atoms with Gasteiger partial charge in [0.05, 0.1) is 12.6 Å². The third-order valence-corrected chi connectivity index (χ3v) is 3.11. The topological polar surface area (TPSA) is 51.0 Å². The van der Waals surface area contributed by atoms with Crippen LogP contribution >= 0.6 is 0 Å². The molecule has 0 bridgehead atoms. The van der Waals surface area contributed by atoms with Gasteiger partial charge in [-0.3, -0.25) is 0 Å². The lowest BCUT2D eigenvalue weighted by Crippen LogP contribution is -2.03. The summed E-state index contributed by atoms with van der Waals surface area (Å²) in [7, 11) is 1.47. The van der Waals surface area contributed by atoms with E-state index in [1.54, 1.807) is 6.07 Å². The molecule has 0 unspecified atom stereocenters. The highest BCUT2D eigenvalue weighted by Crippen LogP contribution is 2.33. The van der Waals surface area contributed by atoms with E-state index in [1.807, 2.05) is 13.8 Å². The summed E-state index contributed by atoms with van der Waals surface area (Å²) in [5.41, 5.74) is 9.19. The summed E-state index contributed by atoms with van der Waals surface area (Å²) < 4.78 is 19.1. The van der Waals surface area contributed by atoms with E-state index in [2.05, 4.69) is 4.98 Å². The number of methoxy groups -OCH3 is 1. The van der Waals surface area contributed by atoms with Gasteiger partial charge in [0, 0.05) is 11.1 Å². The van der Waals surface area contributed by atoms with Gasteiger partial charge in [-0.25, -0.2) is 4.39 Å². The molecule has 0 amide bonds. The molecule has 0 spiro atoms. The molecule has 0 aliphatic carbocycles. The summed E-state index contributed by atoms with van der Waals surface area (Å²) in [6, 6.07) is 1.73. The van der Waals surface area contributed by atoms with E-state index >= 15 is 0 Å². The second-order valence-corrected chi connectivity index (χ2v) is 4.23. The number of halogens is 1. The number of aromatic amines is 1. The molecular formula is C13H17FN2O. The van der Waals surface area contributed by atoms with Gasteiger partial charge in [0.25, 0.3) is 0 Å². The number of benzene rings is 1. The van der Waals surface area contributed by atoms with Gasteiger partial charge >= 0.3 is 0 Å². The molecule has 0 saturated carbocycles. The molecule has 0 aliphatic rings. The van der Waals surface area contributed by atoms with Crippen molar-refractivity contribution in [1.29, 1.82) is 0 Å². The van der Waals surface area contributed by atoms with E-state index in [4.69, 9.17) is 10.5 Å². The highest BCUT2D eigenvalue weighted by molar-refractivity contribution is 5.89. The molecule has 92 valence electrons. The van der Waals surface area contributed by atoms with Crippen molar-refractivity contribution >= 4 is 10.9 Å². The quantitative estimate of drug-likeness (QED) is 0.860. The van der Waals surface area contributed by atoms with E-state index in [-0.39, 0.29) is 11.6 Å². The SMILES string of the molecule is COc1cc(C)c2c(CCN)c(C)[nH]c2c1F. The summed E-state index contributed by atoms with van der Waals surface area (Å²) in [6.45, 7) is 4.45. The molecular weight excluding hydrogens is 219 g/mol. The zero-order chi connectivity index (χ0) is 12.6. The lowest BCUT2D eigenvalue weighted by molar-refractivity contribution is 0.388. The molecule has 17 heavy (non-hydrogen) atoms. The number of hydrogen-bond acceptors (Lipinski definition) is 2. The van der Waals surface area contributed by atoms with Crippen LogP contribution in [0.15, 0.2) is 6.07 Å². The third kappa shape index (κ3) is 1.78. The maximum Gasteiger partial charge on any atom is 0.189 e. The molecule has 1 aromatic heterocycles. The van der Waals surface area contributed by atoms with Crippen molar-refractivity contribution in [1.82, 2.24) is 4.98 Å². The molecule has 0 saturated heterocycles. The Bertz CT molecular complexity index is 560. The van der Waals surface area contributed by atoms with Crippen LogP contribution < -0.4 is 10.5 Å². The second-order valence-electron chi connectivity index (χ2n) is 4.23. The lowest BCUT2D eigenvalue weighted by Gasteiger charge is -2.06. The number of aryl methyl sites for hydroxylation is 2. The standard InChI is InChI=1S/C13H17FN2O/c1-7-6-10(17-3)12(14)13-11(7)9(4-5-15)8(2)16-13/h6,16H,4-5,15H2,1-3H3. The number of aromatic nitrogens is 1. The smallest absolute Gasteiger partial charge is 0.189 e. The van der Waals surface area contributed by atoms with E-state index in [0.29, 0.717) is 12.1 Å². The van der Waals surface area contributed by atoms with Crippen molar-refractivity contribution in [2.45, 2.75) is 20.3 Å². The Kier molecular flexibility index (Phi) is 3.07. The van der Waals surface area contributed by atoms with Crippen molar-refractivity contribution in [2.24, 2.45) is 5.73 Å². The third-order valence-electron chi connectivity index (χ3n) is 3.11. The van der Waals surface area contributed by atoms with Crippen LogP contribution in [0.25, 0.3) is 10.9 Å². The molecule has 2 aromatic rings. The Hall–Kier alpha value is -1.55. The van der Waals surface area contributed by atoms with Crippen molar-refractivity contribution in [3.63, 3.8) is 0 Å². The zero-order valence-electron chi connectivity index (χ0n) is 10.4. The van der Waals surface area contributed by atoms with Crippen LogP contribution in [0.5, 0.6) is 5.75 Å². The fraction of sp³-hybridized carbons (Fsp3) is 0.385. The van der Waals surface area contributed by atoms with Gasteiger partial charge in [-0.1, -0.05) is 0 Å². The molecule has 3 nitrogen and oxygen atoms in total. The fourth-order valence-electron chi connectivity index (χ4n) is 2.32. The van der Waals surface area contributed by atoms with Crippen LogP contribution in [-0.2, 0) is 6.42 Å². The van der Waals surface area contributed by atoms with E-state index in [0.717, 1.165) is 28.6 Å². The Morgan fingerprint density at radius 3 is 2.71 bits per heavy atom. The Morgan fingerprint density at radius 2 is 2.12 bits per heavy atom. The predicted octanol–water partition coefficient (Wildman–Crippen LogP) is 2.43. The van der Waals surface area contributed by atoms with Crippen LogP contribution in [0, 0.1) is 19.7 Å². The first-order chi connectivity index (χ1) is 8.10. The van der Waals surface area contributed by atoms with Gasteiger partial charge in [-0.05, 0) is 44.0 Å². The number of H-pyrrole nitrogens is 1. The number of nitrogens with two attached hydrogens (primary N) is 1. The Labute approximate surface area is 99.8 Å². The van der Waals surface area contributed by atoms with Crippen molar-refractivity contribution < 1.29 is 9.13 Å². The van der Waals surface area contributed by atoms with Crippen LogP contribution in [0.2, 0.25) is 0 Å². The first-order valence-electron chi connectivity index (χ1n) is 5.64. The number of hydrogen-bond donors (Lipinski definition) is 2. The monoisotopic (exact) mass is 236 g/mol. The number of fused-ring (bicyclic) bond motifs is 1. The summed E-state index contributed by atoms with van der Waals surface area (Å²) in [5, 5.41) is 0.936. The Morgan fingerprint density at radius 1 is 1.41 bits per heavy atom. The van der Waals surface area contributed by atoms with Crippen LogP contribution in [0.1, 0.15) is 16.8 Å². The van der Waals surface area contributed by atoms with Gasteiger partial charge in [0.1, 0.15) is 0 Å². The summed E-state index contributed by atoms with van der Waals surface area (Å²) in [6.07, 6.45) is 0.748. The van der Waals surface area contributed by atoms with Crippen LogP contribution in [0.4, 0.5) is 4.39 Å². The van der Waals surface area contributed by atoms with Gasteiger partial charge in [-0.2, -0.15) is 0 Å². The van der Waals surface area contributed by atoms with Crippen molar-refractivity contribution in [3.05, 3.63) is 28.7 Å². The summed E-state index contributed by atoms with van der Waals surface area (Å²) in [4.78, 5) is 3.09. The summed E-state index contributed by atoms with van der Waals surface area (Å²) >= 11 is 0. The number of rotatable bonds is 3. The van der Waals surface area contributed by atoms with Gasteiger partial charge in [0.15, 0.2) is 11.6 Å². The Balaban J connectivity index is 2.79. The van der Waals surface area contributed by atoms with E-state index in [1.165, 1.54) is 7.11 Å². The lowest BCUT2D eigenvalue weighted by atomic mass is 10.0. The largest absolute Gasteiger partial charge is 0.494 e. The molecule has 3 N–H and O–H groups in total. The van der Waals surface area contributed by atoms with Crippen molar-refractivity contribution in [3.8, 4) is 5.75 Å². The highest BCUT2D eigenvalue weighted by atomic mass is 19.1. The average molecular weight is 236 g/mol. The molecule has 0 fully saturated rings. The summed E-state index contributed by atoms with van der Waals surface area (Å²) in [5.74, 6) is -0.0602. The van der Waals surface area contributed by atoms with E-state index in [9.17, 15) is 4.39 Å². The zero-order valence-corrected chi connectivity index (χ0v) is 10.4. The number of nitrogens with one attached hydrogen (secondary N) is 1. The minimum absolute atomic E-state index is 0.274. The van der Waals surface area contributed by atoms with Gasteiger partial charge in [-0.15, -0.1) is 0 Å². The molecule has 0 atom stereocenters. The first kappa shape index (κ1) is 11.9. The predicted molar refractivity (Wildman–Crippen MR) is 67.0 cm³/mol. The van der Waals surface area contributed by atoms with Gasteiger partial charge in [0.2, 0.25) is 0 Å². The molecule has 1 aromatic carbocycles. The van der Waals surface area contributed by atoms with Crippen molar-refractivity contribution in [2.75, 3.05) is 13.7 Å². The maximum atomic E-state index is 14.1. The minimum atomic E-state index is -0.334. The molecule has 0 aliphatic heterocycles. The molecule has 0 radical (unpaired) electrons. The maximum absolute atomic E-state index is 14.1.